The zero-order valence-electron chi connectivity index (χ0n) is 17.1. The molecule has 156 valence electrons. The predicted octanol–water partition coefficient (Wildman–Crippen LogP) is 3.33. The van der Waals surface area contributed by atoms with Gasteiger partial charge in [0.05, 0.1) is 6.42 Å². The Balaban J connectivity index is 2.06. The third-order valence-corrected chi connectivity index (χ3v) is 4.60. The third kappa shape index (κ3) is 7.66. The highest BCUT2D eigenvalue weighted by Gasteiger charge is 2.26. The lowest BCUT2D eigenvalue weighted by Gasteiger charge is -2.29. The smallest absolute Gasteiger partial charge is 0.242 e. The molecule has 0 aliphatic rings. The van der Waals surface area contributed by atoms with Gasteiger partial charge in [-0.2, -0.15) is 0 Å². The molecule has 2 aromatic rings. The van der Waals surface area contributed by atoms with E-state index >= 15 is 0 Å². The van der Waals surface area contributed by atoms with Crippen LogP contribution in [0.5, 0.6) is 0 Å². The first-order valence-corrected chi connectivity index (χ1v) is 9.94. The lowest BCUT2D eigenvalue weighted by molar-refractivity contribution is -0.140. The Bertz CT molecular complexity index is 765. The molecule has 0 saturated heterocycles. The molecule has 0 saturated carbocycles. The van der Waals surface area contributed by atoms with Crippen LogP contribution < -0.4 is 5.32 Å². The van der Waals surface area contributed by atoms with Crippen LogP contribution in [-0.2, 0) is 27.3 Å². The van der Waals surface area contributed by atoms with Crippen molar-refractivity contribution in [3.05, 3.63) is 71.5 Å². The maximum absolute atomic E-state index is 13.2. The van der Waals surface area contributed by atoms with Gasteiger partial charge in [-0.1, -0.05) is 42.5 Å². The summed E-state index contributed by atoms with van der Waals surface area (Å²) < 4.78 is 18.5. The Morgan fingerprint density at radius 2 is 1.76 bits per heavy atom. The highest BCUT2D eigenvalue weighted by molar-refractivity contribution is 5.88. The fraction of sp³-hybridized carbons (Fsp3) is 0.391. The van der Waals surface area contributed by atoms with Gasteiger partial charge >= 0.3 is 0 Å². The van der Waals surface area contributed by atoms with E-state index in [9.17, 15) is 14.0 Å². The Kier molecular flexibility index (Phi) is 9.31. The van der Waals surface area contributed by atoms with Gasteiger partial charge in [-0.05, 0) is 43.5 Å². The Hall–Kier alpha value is -2.73. The van der Waals surface area contributed by atoms with Gasteiger partial charge in [-0.25, -0.2) is 4.39 Å². The number of ether oxygens (including phenoxy) is 1. The molecule has 2 amide bonds. The van der Waals surface area contributed by atoms with Crippen LogP contribution in [0.2, 0.25) is 0 Å². The first-order chi connectivity index (χ1) is 14.0. The third-order valence-electron chi connectivity index (χ3n) is 4.60. The van der Waals surface area contributed by atoms with Crippen molar-refractivity contribution in [1.29, 1.82) is 0 Å². The minimum absolute atomic E-state index is 0.155. The van der Waals surface area contributed by atoms with Crippen molar-refractivity contribution in [2.45, 2.75) is 39.3 Å². The van der Waals surface area contributed by atoms with Crippen LogP contribution in [0.1, 0.15) is 31.4 Å². The van der Waals surface area contributed by atoms with E-state index in [1.807, 2.05) is 37.3 Å². The molecular weight excluding hydrogens is 371 g/mol. The van der Waals surface area contributed by atoms with Gasteiger partial charge in [0, 0.05) is 26.3 Å². The fourth-order valence-electron chi connectivity index (χ4n) is 2.92. The molecular formula is C23H29FN2O3. The number of carbonyl (C=O) groups excluding carboxylic acids is 2. The molecule has 0 heterocycles. The maximum atomic E-state index is 13.2. The Morgan fingerprint density at radius 1 is 1.07 bits per heavy atom. The van der Waals surface area contributed by atoms with Crippen molar-refractivity contribution in [2.75, 3.05) is 19.8 Å². The summed E-state index contributed by atoms with van der Waals surface area (Å²) in [5.41, 5.74) is 1.65. The summed E-state index contributed by atoms with van der Waals surface area (Å²) in [6, 6.07) is 14.7. The van der Waals surface area contributed by atoms with Gasteiger partial charge in [0.1, 0.15) is 11.9 Å². The summed E-state index contributed by atoms with van der Waals surface area (Å²) in [7, 11) is 0. The second-order valence-corrected chi connectivity index (χ2v) is 6.83. The number of rotatable bonds is 11. The van der Waals surface area contributed by atoms with E-state index < -0.39 is 6.04 Å². The maximum Gasteiger partial charge on any atom is 0.242 e. The second kappa shape index (κ2) is 12.0. The summed E-state index contributed by atoms with van der Waals surface area (Å²) in [5.74, 6) is -0.710. The molecule has 2 rings (SSSR count). The number of hydrogen-bond donors (Lipinski definition) is 1. The minimum Gasteiger partial charge on any atom is -0.382 e. The van der Waals surface area contributed by atoms with Crippen LogP contribution in [0.15, 0.2) is 54.6 Å². The van der Waals surface area contributed by atoms with E-state index in [1.165, 1.54) is 17.0 Å². The molecule has 5 nitrogen and oxygen atoms in total. The first-order valence-electron chi connectivity index (χ1n) is 9.94. The highest BCUT2D eigenvalue weighted by Crippen LogP contribution is 2.13. The second-order valence-electron chi connectivity index (χ2n) is 6.83. The van der Waals surface area contributed by atoms with E-state index in [4.69, 9.17) is 4.74 Å². The zero-order valence-corrected chi connectivity index (χ0v) is 17.1. The number of hydrogen-bond acceptors (Lipinski definition) is 3. The molecule has 0 unspecified atom stereocenters. The van der Waals surface area contributed by atoms with Gasteiger partial charge in [0.25, 0.3) is 0 Å². The number of halogens is 1. The minimum atomic E-state index is -0.650. The lowest BCUT2D eigenvalue weighted by atomic mass is 10.1. The van der Waals surface area contributed by atoms with Crippen LogP contribution in [0, 0.1) is 5.82 Å². The summed E-state index contributed by atoms with van der Waals surface area (Å²) in [6.07, 6.45) is 0.909. The SMILES string of the molecule is CCOCCCNC(=O)[C@H](C)N(Cc1ccc(F)cc1)C(=O)Cc1ccccc1. The van der Waals surface area contributed by atoms with Crippen LogP contribution in [-0.4, -0.2) is 42.5 Å². The van der Waals surface area contributed by atoms with Crippen LogP contribution in [0.3, 0.4) is 0 Å². The van der Waals surface area contributed by atoms with E-state index in [0.29, 0.717) is 26.2 Å². The van der Waals surface area contributed by atoms with Crippen molar-refractivity contribution < 1.29 is 18.7 Å². The van der Waals surface area contributed by atoms with Crippen molar-refractivity contribution >= 4 is 11.8 Å². The monoisotopic (exact) mass is 400 g/mol. The summed E-state index contributed by atoms with van der Waals surface area (Å²) in [6.45, 7) is 5.58. The standard InChI is InChI=1S/C23H29FN2O3/c1-3-29-15-7-14-25-23(28)18(2)26(17-20-10-12-21(24)13-11-20)22(27)16-19-8-5-4-6-9-19/h4-6,8-13,18H,3,7,14-17H2,1-2H3,(H,25,28)/t18-/m0/s1. The van der Waals surface area contributed by atoms with Crippen molar-refractivity contribution in [2.24, 2.45) is 0 Å². The lowest BCUT2D eigenvalue weighted by Crippen LogP contribution is -2.48. The molecule has 29 heavy (non-hydrogen) atoms. The average molecular weight is 400 g/mol. The van der Waals surface area contributed by atoms with E-state index in [0.717, 1.165) is 11.1 Å². The van der Waals surface area contributed by atoms with Gasteiger partial charge in [0.15, 0.2) is 0 Å². The molecule has 0 aliphatic carbocycles. The number of nitrogens with one attached hydrogen (secondary N) is 1. The van der Waals surface area contributed by atoms with Crippen LogP contribution in [0.4, 0.5) is 4.39 Å². The largest absolute Gasteiger partial charge is 0.382 e. The summed E-state index contributed by atoms with van der Waals surface area (Å²) in [5, 5.41) is 2.86. The molecule has 0 radical (unpaired) electrons. The van der Waals surface area contributed by atoms with Crippen molar-refractivity contribution in [1.82, 2.24) is 10.2 Å². The predicted molar refractivity (Wildman–Crippen MR) is 111 cm³/mol. The molecule has 6 heteroatoms. The van der Waals surface area contributed by atoms with Gasteiger partial charge in [-0.3, -0.25) is 9.59 Å². The Morgan fingerprint density at radius 3 is 2.41 bits per heavy atom. The molecule has 0 aromatic heterocycles. The topological polar surface area (TPSA) is 58.6 Å². The van der Waals surface area contributed by atoms with Gasteiger partial charge < -0.3 is 15.0 Å². The van der Waals surface area contributed by atoms with E-state index in [1.54, 1.807) is 19.1 Å². The molecule has 0 aliphatic heterocycles. The average Bonchev–Trinajstić information content (AvgIpc) is 2.73. The molecule has 2 aromatic carbocycles. The quantitative estimate of drug-likeness (QED) is 0.589. The van der Waals surface area contributed by atoms with E-state index in [-0.39, 0.29) is 30.6 Å². The number of benzene rings is 2. The number of nitrogens with zero attached hydrogens (tertiary/aromatic N) is 1. The van der Waals surface area contributed by atoms with Crippen LogP contribution in [0.25, 0.3) is 0 Å². The van der Waals surface area contributed by atoms with E-state index in [2.05, 4.69) is 5.32 Å². The normalized spacial score (nSPS) is 11.7. The molecule has 0 spiro atoms. The molecule has 1 N–H and O–H groups in total. The molecule has 1 atom stereocenters. The fourth-order valence-corrected chi connectivity index (χ4v) is 2.92. The van der Waals surface area contributed by atoms with Crippen LogP contribution >= 0.6 is 0 Å². The van der Waals surface area contributed by atoms with Gasteiger partial charge in [-0.15, -0.1) is 0 Å². The van der Waals surface area contributed by atoms with Gasteiger partial charge in [0.2, 0.25) is 11.8 Å². The van der Waals surface area contributed by atoms with Crippen molar-refractivity contribution in [3.8, 4) is 0 Å². The highest BCUT2D eigenvalue weighted by atomic mass is 19.1. The Labute approximate surface area is 171 Å². The molecule has 0 fully saturated rings. The first kappa shape index (κ1) is 22.6. The summed E-state index contributed by atoms with van der Waals surface area (Å²) >= 11 is 0. The number of amides is 2. The van der Waals surface area contributed by atoms with Crippen molar-refractivity contribution in [3.63, 3.8) is 0 Å². The zero-order chi connectivity index (χ0) is 21.1. The summed E-state index contributed by atoms with van der Waals surface area (Å²) in [4.78, 5) is 27.1. The number of carbonyl (C=O) groups is 2. The molecule has 0 bridgehead atoms.